The number of carbonyl (C=O) groups is 1. The first-order chi connectivity index (χ1) is 11.5. The Kier molecular flexibility index (Phi) is 4.73. The van der Waals surface area contributed by atoms with Gasteiger partial charge in [0.1, 0.15) is 5.75 Å². The van der Waals surface area contributed by atoms with Crippen LogP contribution in [0.25, 0.3) is 10.2 Å². The van der Waals surface area contributed by atoms with Gasteiger partial charge in [0, 0.05) is 17.1 Å². The van der Waals surface area contributed by atoms with Crippen molar-refractivity contribution in [3.8, 4) is 5.75 Å². The molecule has 0 radical (unpaired) electrons. The lowest BCUT2D eigenvalue weighted by Gasteiger charge is -2.04. The molecule has 3 aromatic rings. The number of nitrogens with zero attached hydrogens (tertiary/aromatic N) is 2. The van der Waals surface area contributed by atoms with E-state index in [1.54, 1.807) is 31.4 Å². The second kappa shape index (κ2) is 6.79. The molecule has 0 saturated carbocycles. The van der Waals surface area contributed by atoms with Gasteiger partial charge in [-0.2, -0.15) is 4.99 Å². The highest BCUT2D eigenvalue weighted by Gasteiger charge is 2.11. The van der Waals surface area contributed by atoms with E-state index < -0.39 is 0 Å². The van der Waals surface area contributed by atoms with Crippen LogP contribution in [0.5, 0.6) is 5.75 Å². The number of aryl methyl sites for hydroxylation is 2. The summed E-state index contributed by atoms with van der Waals surface area (Å²) in [4.78, 5) is 17.5. The van der Waals surface area contributed by atoms with Crippen molar-refractivity contribution in [3.63, 3.8) is 0 Å². The van der Waals surface area contributed by atoms with Crippen LogP contribution in [0.4, 0.5) is 0 Å². The maximum Gasteiger partial charge on any atom is 0.279 e. The van der Waals surface area contributed by atoms with Gasteiger partial charge in [0.25, 0.3) is 5.91 Å². The molecule has 1 aromatic heterocycles. The molecule has 124 valence electrons. The van der Waals surface area contributed by atoms with Crippen molar-refractivity contribution in [1.82, 2.24) is 4.57 Å². The number of fused-ring (bicyclic) bond motifs is 1. The molecule has 6 heteroatoms. The van der Waals surface area contributed by atoms with E-state index in [2.05, 4.69) is 4.99 Å². The quantitative estimate of drug-likeness (QED) is 0.693. The fraction of sp³-hybridized carbons (Fsp3) is 0.222. The number of amides is 1. The smallest absolute Gasteiger partial charge is 0.279 e. The van der Waals surface area contributed by atoms with Gasteiger partial charge in [0.05, 0.1) is 17.3 Å². The van der Waals surface area contributed by atoms with E-state index in [0.717, 1.165) is 22.3 Å². The van der Waals surface area contributed by atoms with E-state index in [9.17, 15) is 4.79 Å². The minimum absolute atomic E-state index is 0.286. The molecule has 4 nitrogen and oxygen atoms in total. The molecule has 0 aliphatic heterocycles. The SMILES string of the molecule is CCn1c(=NC(=O)c2cccc(OC)c2)sc2cc(Cl)cc(C)c21. The van der Waals surface area contributed by atoms with E-state index in [-0.39, 0.29) is 5.91 Å². The summed E-state index contributed by atoms with van der Waals surface area (Å²) in [6.07, 6.45) is 0. The van der Waals surface area contributed by atoms with Crippen LogP contribution in [0.3, 0.4) is 0 Å². The van der Waals surface area contributed by atoms with Gasteiger partial charge in [0.15, 0.2) is 4.80 Å². The Morgan fingerprint density at radius 1 is 1.33 bits per heavy atom. The molecule has 0 aliphatic carbocycles. The largest absolute Gasteiger partial charge is 0.497 e. The van der Waals surface area contributed by atoms with Crippen molar-refractivity contribution < 1.29 is 9.53 Å². The molecule has 0 N–H and O–H groups in total. The highest BCUT2D eigenvalue weighted by atomic mass is 35.5. The normalized spacial score (nSPS) is 11.9. The highest BCUT2D eigenvalue weighted by molar-refractivity contribution is 7.16. The standard InChI is InChI=1S/C18H17ClN2O2S/c1-4-21-16-11(2)8-13(19)10-15(16)24-18(21)20-17(22)12-6-5-7-14(9-12)23-3/h5-10H,4H2,1-3H3. The average molecular weight is 361 g/mol. The van der Waals surface area contributed by atoms with Crippen LogP contribution in [0.2, 0.25) is 5.02 Å². The monoisotopic (exact) mass is 360 g/mol. The van der Waals surface area contributed by atoms with Crippen LogP contribution in [0.1, 0.15) is 22.8 Å². The third kappa shape index (κ3) is 3.09. The van der Waals surface area contributed by atoms with Crippen LogP contribution in [-0.2, 0) is 6.54 Å². The number of aromatic nitrogens is 1. The Labute approximate surface area is 149 Å². The number of rotatable bonds is 3. The van der Waals surface area contributed by atoms with Gasteiger partial charge in [-0.3, -0.25) is 4.79 Å². The van der Waals surface area contributed by atoms with Crippen LogP contribution < -0.4 is 9.54 Å². The molecular formula is C18H17ClN2O2S. The van der Waals surface area contributed by atoms with Crippen molar-refractivity contribution in [2.24, 2.45) is 4.99 Å². The lowest BCUT2D eigenvalue weighted by Crippen LogP contribution is -2.16. The maximum atomic E-state index is 12.5. The molecule has 24 heavy (non-hydrogen) atoms. The van der Waals surface area contributed by atoms with E-state index in [1.165, 1.54) is 11.3 Å². The van der Waals surface area contributed by atoms with E-state index in [1.807, 2.05) is 30.5 Å². The van der Waals surface area contributed by atoms with E-state index in [4.69, 9.17) is 16.3 Å². The summed E-state index contributed by atoms with van der Waals surface area (Å²) in [7, 11) is 1.57. The lowest BCUT2D eigenvalue weighted by atomic mass is 10.2. The molecule has 0 spiro atoms. The van der Waals surface area contributed by atoms with Gasteiger partial charge in [-0.15, -0.1) is 0 Å². The van der Waals surface area contributed by atoms with Gasteiger partial charge in [-0.05, 0) is 49.7 Å². The van der Waals surface area contributed by atoms with E-state index >= 15 is 0 Å². The topological polar surface area (TPSA) is 43.6 Å². The first-order valence-corrected chi connectivity index (χ1v) is 8.75. The predicted molar refractivity (Wildman–Crippen MR) is 98.1 cm³/mol. The van der Waals surface area contributed by atoms with Crippen LogP contribution in [0, 0.1) is 6.92 Å². The minimum atomic E-state index is -0.286. The first kappa shape index (κ1) is 16.7. The molecule has 1 heterocycles. The highest BCUT2D eigenvalue weighted by Crippen LogP contribution is 2.25. The van der Waals surface area contributed by atoms with Gasteiger partial charge < -0.3 is 9.30 Å². The summed E-state index contributed by atoms with van der Waals surface area (Å²) in [6.45, 7) is 4.78. The Hall–Kier alpha value is -2.11. The van der Waals surface area contributed by atoms with Gasteiger partial charge in [0.2, 0.25) is 0 Å². The van der Waals surface area contributed by atoms with Crippen molar-refractivity contribution in [2.75, 3.05) is 7.11 Å². The molecule has 2 aromatic carbocycles. The second-order valence-electron chi connectivity index (χ2n) is 5.35. The summed E-state index contributed by atoms with van der Waals surface area (Å²) in [6, 6.07) is 10.8. The number of thiazole rings is 1. The number of carbonyl (C=O) groups excluding carboxylic acids is 1. The minimum Gasteiger partial charge on any atom is -0.497 e. The summed E-state index contributed by atoms with van der Waals surface area (Å²) in [5, 5.41) is 0.690. The average Bonchev–Trinajstić information content (AvgIpc) is 2.91. The third-order valence-corrected chi connectivity index (χ3v) is 5.01. The van der Waals surface area contributed by atoms with E-state index in [0.29, 0.717) is 21.1 Å². The number of halogens is 1. The molecule has 0 bridgehead atoms. The Bertz CT molecular complexity index is 988. The fourth-order valence-electron chi connectivity index (χ4n) is 2.66. The summed E-state index contributed by atoms with van der Waals surface area (Å²) < 4.78 is 8.24. The van der Waals surface area contributed by atoms with Crippen molar-refractivity contribution in [3.05, 3.63) is 57.3 Å². The van der Waals surface area contributed by atoms with Crippen molar-refractivity contribution >= 4 is 39.1 Å². The van der Waals surface area contributed by atoms with Crippen molar-refractivity contribution in [1.29, 1.82) is 0 Å². The molecule has 0 fully saturated rings. The number of methoxy groups -OCH3 is 1. The fourth-order valence-corrected chi connectivity index (χ4v) is 4.21. The van der Waals surface area contributed by atoms with Crippen LogP contribution in [0.15, 0.2) is 41.4 Å². The molecule has 0 unspecified atom stereocenters. The zero-order valence-electron chi connectivity index (χ0n) is 13.7. The number of hydrogen-bond donors (Lipinski definition) is 0. The maximum absolute atomic E-state index is 12.5. The lowest BCUT2D eigenvalue weighted by molar-refractivity contribution is 0.0997. The predicted octanol–water partition coefficient (Wildman–Crippen LogP) is 4.43. The molecule has 0 saturated heterocycles. The van der Waals surface area contributed by atoms with Crippen LogP contribution >= 0.6 is 22.9 Å². The number of benzene rings is 2. The zero-order chi connectivity index (χ0) is 17.3. The molecule has 0 atom stereocenters. The third-order valence-electron chi connectivity index (χ3n) is 3.76. The van der Waals surface area contributed by atoms with Crippen LogP contribution in [-0.4, -0.2) is 17.6 Å². The van der Waals surface area contributed by atoms with Crippen molar-refractivity contribution in [2.45, 2.75) is 20.4 Å². The van der Waals surface area contributed by atoms with Gasteiger partial charge >= 0.3 is 0 Å². The molecule has 0 aliphatic rings. The molecule has 3 rings (SSSR count). The first-order valence-electron chi connectivity index (χ1n) is 7.56. The number of ether oxygens (including phenoxy) is 1. The summed E-state index contributed by atoms with van der Waals surface area (Å²) in [5.41, 5.74) is 2.65. The van der Waals surface area contributed by atoms with Gasteiger partial charge in [-0.1, -0.05) is 29.0 Å². The number of hydrogen-bond acceptors (Lipinski definition) is 3. The second-order valence-corrected chi connectivity index (χ2v) is 6.79. The Morgan fingerprint density at radius 3 is 2.83 bits per heavy atom. The molecular weight excluding hydrogens is 344 g/mol. The van der Waals surface area contributed by atoms with Gasteiger partial charge in [-0.25, -0.2) is 0 Å². The molecule has 1 amide bonds. The zero-order valence-corrected chi connectivity index (χ0v) is 15.2. The summed E-state index contributed by atoms with van der Waals surface area (Å²) in [5.74, 6) is 0.352. The summed E-state index contributed by atoms with van der Waals surface area (Å²) >= 11 is 7.62. The Morgan fingerprint density at radius 2 is 2.12 bits per heavy atom. The Balaban J connectivity index is 2.15.